The highest BCUT2D eigenvalue weighted by Crippen LogP contribution is 2.26. The van der Waals surface area contributed by atoms with Gasteiger partial charge in [0.05, 0.1) is 10.7 Å². The Labute approximate surface area is 139 Å². The number of hydrogen-bond acceptors (Lipinski definition) is 4. The van der Waals surface area contributed by atoms with Gasteiger partial charge in [-0.15, -0.1) is 11.3 Å². The Morgan fingerprint density at radius 3 is 2.67 bits per heavy atom. The van der Waals surface area contributed by atoms with Crippen LogP contribution in [-0.4, -0.2) is 9.97 Å². The van der Waals surface area contributed by atoms with Crippen LogP contribution < -0.4 is 10.5 Å². The standard InChI is InChI=1S/C15H17ClN2OS2/c1-15(2,3)12-8-21-13(18-12)7-19-9-4-5-10(14(17)20)11(16)6-9/h4-6,8H,7H2,1-3H3,(H2,17,20). The first-order valence-electron chi connectivity index (χ1n) is 6.44. The van der Waals surface area contributed by atoms with Crippen LogP contribution in [0, 0.1) is 0 Å². The van der Waals surface area contributed by atoms with E-state index in [0.717, 1.165) is 10.7 Å². The van der Waals surface area contributed by atoms with Crippen LogP contribution in [0.5, 0.6) is 5.75 Å². The molecule has 1 heterocycles. The predicted octanol–water partition coefficient (Wildman–Crippen LogP) is 4.31. The van der Waals surface area contributed by atoms with Gasteiger partial charge >= 0.3 is 0 Å². The van der Waals surface area contributed by atoms with Crippen molar-refractivity contribution in [1.29, 1.82) is 0 Å². The predicted molar refractivity (Wildman–Crippen MR) is 92.5 cm³/mol. The lowest BCUT2D eigenvalue weighted by Gasteiger charge is -2.14. The van der Waals surface area contributed by atoms with Crippen molar-refractivity contribution in [3.63, 3.8) is 0 Å². The summed E-state index contributed by atoms with van der Waals surface area (Å²) in [5.74, 6) is 0.674. The van der Waals surface area contributed by atoms with E-state index < -0.39 is 0 Å². The lowest BCUT2D eigenvalue weighted by molar-refractivity contribution is 0.305. The van der Waals surface area contributed by atoms with Crippen molar-refractivity contribution >= 4 is 40.1 Å². The second-order valence-electron chi connectivity index (χ2n) is 5.67. The average molecular weight is 341 g/mol. The zero-order chi connectivity index (χ0) is 15.6. The minimum atomic E-state index is 0.0521. The van der Waals surface area contributed by atoms with Crippen molar-refractivity contribution < 1.29 is 4.74 Å². The molecule has 3 nitrogen and oxygen atoms in total. The highest BCUT2D eigenvalue weighted by Gasteiger charge is 2.17. The van der Waals surface area contributed by atoms with Crippen LogP contribution in [0.4, 0.5) is 0 Å². The molecule has 0 saturated heterocycles. The van der Waals surface area contributed by atoms with E-state index in [2.05, 4.69) is 31.1 Å². The largest absolute Gasteiger partial charge is 0.486 e. The van der Waals surface area contributed by atoms with Gasteiger partial charge in [0, 0.05) is 16.4 Å². The molecule has 1 aromatic carbocycles. The maximum Gasteiger partial charge on any atom is 0.140 e. The number of nitrogens with two attached hydrogens (primary N) is 1. The molecule has 0 unspecified atom stereocenters. The lowest BCUT2D eigenvalue weighted by atomic mass is 9.93. The van der Waals surface area contributed by atoms with Crippen LogP contribution in [0.25, 0.3) is 0 Å². The van der Waals surface area contributed by atoms with E-state index in [9.17, 15) is 0 Å². The summed E-state index contributed by atoms with van der Waals surface area (Å²) in [7, 11) is 0. The Hall–Kier alpha value is -1.17. The third-order valence-electron chi connectivity index (χ3n) is 2.89. The highest BCUT2D eigenvalue weighted by molar-refractivity contribution is 7.80. The van der Waals surface area contributed by atoms with E-state index in [1.54, 1.807) is 29.5 Å². The topological polar surface area (TPSA) is 48.1 Å². The SMILES string of the molecule is CC(C)(C)c1csc(COc2ccc(C(N)=S)c(Cl)c2)n1. The molecule has 0 spiro atoms. The molecule has 0 amide bonds. The maximum atomic E-state index is 6.11. The smallest absolute Gasteiger partial charge is 0.140 e. The van der Waals surface area contributed by atoms with E-state index in [1.165, 1.54) is 0 Å². The number of aromatic nitrogens is 1. The second-order valence-corrected chi connectivity index (χ2v) is 7.46. The Morgan fingerprint density at radius 1 is 1.43 bits per heavy atom. The van der Waals surface area contributed by atoms with Crippen LogP contribution in [-0.2, 0) is 12.0 Å². The molecule has 1 aromatic heterocycles. The number of rotatable bonds is 4. The number of nitrogens with zero attached hydrogens (tertiary/aromatic N) is 1. The van der Waals surface area contributed by atoms with Gasteiger partial charge in [-0.3, -0.25) is 0 Å². The fraction of sp³-hybridized carbons (Fsp3) is 0.333. The molecule has 2 N–H and O–H groups in total. The third kappa shape index (κ3) is 4.15. The first kappa shape index (κ1) is 16.2. The Bertz CT molecular complexity index is 662. The molecule has 0 radical (unpaired) electrons. The molecule has 2 rings (SSSR count). The maximum absolute atomic E-state index is 6.11. The van der Waals surface area contributed by atoms with Crippen molar-refractivity contribution in [3.05, 3.63) is 44.9 Å². The van der Waals surface area contributed by atoms with Crippen LogP contribution in [0.15, 0.2) is 23.6 Å². The number of halogens is 1. The molecule has 0 aliphatic carbocycles. The minimum Gasteiger partial charge on any atom is -0.486 e. The molecule has 6 heteroatoms. The van der Waals surface area contributed by atoms with Crippen LogP contribution in [0.1, 0.15) is 37.0 Å². The zero-order valence-electron chi connectivity index (χ0n) is 12.1. The van der Waals surface area contributed by atoms with E-state index in [-0.39, 0.29) is 10.4 Å². The Morgan fingerprint density at radius 2 is 2.14 bits per heavy atom. The quantitative estimate of drug-likeness (QED) is 0.843. The van der Waals surface area contributed by atoms with E-state index in [0.29, 0.717) is 22.9 Å². The number of ether oxygens (including phenoxy) is 1. The van der Waals surface area contributed by atoms with Gasteiger partial charge in [0.2, 0.25) is 0 Å². The first-order valence-corrected chi connectivity index (χ1v) is 8.11. The number of thiazole rings is 1. The summed E-state index contributed by atoms with van der Waals surface area (Å²) in [6, 6.07) is 5.29. The van der Waals surface area contributed by atoms with Gasteiger partial charge in [-0.25, -0.2) is 4.98 Å². The molecule has 0 aliphatic rings. The van der Waals surface area contributed by atoms with Crippen molar-refractivity contribution in [2.75, 3.05) is 0 Å². The Balaban J connectivity index is 2.05. The summed E-state index contributed by atoms with van der Waals surface area (Å²) in [6.45, 7) is 6.84. The fourth-order valence-electron chi connectivity index (χ4n) is 1.65. The molecule has 0 atom stereocenters. The van der Waals surface area contributed by atoms with Crippen LogP contribution >= 0.6 is 35.2 Å². The first-order chi connectivity index (χ1) is 9.77. The number of benzene rings is 1. The van der Waals surface area contributed by atoms with E-state index in [1.807, 2.05) is 0 Å². The molecular formula is C15H17ClN2OS2. The number of thiocarbonyl (C=S) groups is 1. The zero-order valence-corrected chi connectivity index (χ0v) is 14.5. The fourth-order valence-corrected chi connectivity index (χ4v) is 3.09. The van der Waals surface area contributed by atoms with Crippen LogP contribution in [0.3, 0.4) is 0 Å². The molecule has 0 fully saturated rings. The van der Waals surface area contributed by atoms with Gasteiger partial charge in [0.25, 0.3) is 0 Å². The average Bonchev–Trinajstić information content (AvgIpc) is 2.84. The number of hydrogen-bond donors (Lipinski definition) is 1. The summed E-state index contributed by atoms with van der Waals surface area (Å²) in [4.78, 5) is 4.86. The van der Waals surface area contributed by atoms with Gasteiger partial charge in [0.1, 0.15) is 22.4 Å². The summed E-state index contributed by atoms with van der Waals surface area (Å²) in [5.41, 5.74) is 7.36. The van der Waals surface area contributed by atoms with E-state index >= 15 is 0 Å². The van der Waals surface area contributed by atoms with Gasteiger partial charge in [-0.1, -0.05) is 44.6 Å². The Kier molecular flexibility index (Phi) is 4.86. The molecule has 21 heavy (non-hydrogen) atoms. The highest BCUT2D eigenvalue weighted by atomic mass is 35.5. The van der Waals surface area contributed by atoms with Gasteiger partial charge < -0.3 is 10.5 Å². The van der Waals surface area contributed by atoms with Crippen LogP contribution in [0.2, 0.25) is 5.02 Å². The van der Waals surface area contributed by atoms with Crippen molar-refractivity contribution in [2.24, 2.45) is 5.73 Å². The second kappa shape index (κ2) is 6.30. The monoisotopic (exact) mass is 340 g/mol. The van der Waals surface area contributed by atoms with Gasteiger partial charge in [-0.05, 0) is 18.2 Å². The normalized spacial score (nSPS) is 11.4. The van der Waals surface area contributed by atoms with Crippen molar-refractivity contribution in [2.45, 2.75) is 32.8 Å². The molecule has 0 aliphatic heterocycles. The molecule has 0 saturated carbocycles. The molecule has 0 bridgehead atoms. The summed E-state index contributed by atoms with van der Waals surface area (Å²) in [6.07, 6.45) is 0. The van der Waals surface area contributed by atoms with Crippen molar-refractivity contribution in [1.82, 2.24) is 4.98 Å². The summed E-state index contributed by atoms with van der Waals surface area (Å²) in [5, 5.41) is 3.51. The molecule has 2 aromatic rings. The lowest BCUT2D eigenvalue weighted by Crippen LogP contribution is -2.11. The van der Waals surface area contributed by atoms with Gasteiger partial charge in [0.15, 0.2) is 0 Å². The van der Waals surface area contributed by atoms with Crippen molar-refractivity contribution in [3.8, 4) is 5.75 Å². The minimum absolute atomic E-state index is 0.0521. The van der Waals surface area contributed by atoms with Gasteiger partial charge in [-0.2, -0.15) is 0 Å². The molecular weight excluding hydrogens is 324 g/mol. The summed E-state index contributed by atoms with van der Waals surface area (Å²) < 4.78 is 5.71. The summed E-state index contributed by atoms with van der Waals surface area (Å²) >= 11 is 12.6. The third-order valence-corrected chi connectivity index (χ3v) is 4.24. The van der Waals surface area contributed by atoms with E-state index in [4.69, 9.17) is 34.3 Å². The molecule has 112 valence electrons.